The topological polar surface area (TPSA) is 70.6 Å². The van der Waals surface area contributed by atoms with E-state index in [0.717, 1.165) is 5.56 Å². The summed E-state index contributed by atoms with van der Waals surface area (Å²) in [6, 6.07) is 5.36. The lowest BCUT2D eigenvalue weighted by molar-refractivity contribution is 0.505. The third-order valence-corrected chi connectivity index (χ3v) is 6.53. The maximum Gasteiger partial charge on any atom is 0.191 e. The fourth-order valence-electron chi connectivity index (χ4n) is 2.83. The minimum Gasteiger partial charge on any atom is -0.356 e. The Bertz CT molecular complexity index is 719. The summed E-state index contributed by atoms with van der Waals surface area (Å²) in [5, 5.41) is 7.66. The van der Waals surface area contributed by atoms with Gasteiger partial charge in [-0.2, -0.15) is 0 Å². The van der Waals surface area contributed by atoms with Gasteiger partial charge in [0.1, 0.15) is 0 Å². The Hall–Kier alpha value is -0.250. The summed E-state index contributed by atoms with van der Waals surface area (Å²) in [4.78, 5) is 4.17. The smallest absolute Gasteiger partial charge is 0.191 e. The van der Waals surface area contributed by atoms with Crippen LogP contribution in [0, 0.1) is 0 Å². The summed E-state index contributed by atoms with van der Waals surface area (Å²) in [7, 11) is -1.27. The summed E-state index contributed by atoms with van der Waals surface area (Å²) in [6.45, 7) is 4.64. The molecule has 0 saturated carbocycles. The molecule has 0 bridgehead atoms. The van der Waals surface area contributed by atoms with Gasteiger partial charge in [-0.15, -0.1) is 24.0 Å². The second-order valence-electron chi connectivity index (χ2n) is 6.65. The quantitative estimate of drug-likeness (QED) is 0.364. The average molecular weight is 520 g/mol. The lowest BCUT2D eigenvalue weighted by Crippen LogP contribution is -2.47. The highest BCUT2D eigenvalue weighted by molar-refractivity contribution is 14.0. The van der Waals surface area contributed by atoms with Gasteiger partial charge in [0.2, 0.25) is 0 Å². The van der Waals surface area contributed by atoms with Crippen LogP contribution in [0.4, 0.5) is 0 Å². The van der Waals surface area contributed by atoms with Gasteiger partial charge in [-0.05, 0) is 24.1 Å². The summed E-state index contributed by atoms with van der Waals surface area (Å²) in [5.41, 5.74) is 0.550. The zero-order valence-electron chi connectivity index (χ0n) is 14.5. The van der Waals surface area contributed by atoms with Crippen molar-refractivity contribution in [2.24, 2.45) is 4.99 Å². The van der Waals surface area contributed by atoms with Crippen LogP contribution in [-0.4, -0.2) is 45.5 Å². The van der Waals surface area contributed by atoms with Crippen molar-refractivity contribution in [3.8, 4) is 0 Å². The Balaban J connectivity index is 0.00000312. The molecule has 1 aromatic carbocycles. The van der Waals surface area contributed by atoms with Crippen LogP contribution in [0.1, 0.15) is 25.8 Å². The molecule has 1 aromatic rings. The normalized spacial score (nSPS) is 20.0. The number of nitrogens with zero attached hydrogens (tertiary/aromatic N) is 1. The van der Waals surface area contributed by atoms with E-state index in [4.69, 9.17) is 23.2 Å². The Labute approximate surface area is 176 Å². The van der Waals surface area contributed by atoms with Gasteiger partial charge in [0.25, 0.3) is 0 Å². The molecule has 0 amide bonds. The van der Waals surface area contributed by atoms with Crippen LogP contribution in [0.2, 0.25) is 10.0 Å². The summed E-state index contributed by atoms with van der Waals surface area (Å²) in [6.07, 6.45) is 0.600. The minimum absolute atomic E-state index is 0. The van der Waals surface area contributed by atoms with Crippen LogP contribution < -0.4 is 10.6 Å². The number of sulfone groups is 1. The molecule has 0 aliphatic carbocycles. The number of aliphatic imine (C=N–C) groups is 1. The van der Waals surface area contributed by atoms with Gasteiger partial charge in [0.15, 0.2) is 15.8 Å². The molecule has 25 heavy (non-hydrogen) atoms. The minimum atomic E-state index is -2.93. The Morgan fingerprint density at radius 3 is 2.40 bits per heavy atom. The first-order valence-electron chi connectivity index (χ1n) is 7.77. The maximum absolute atomic E-state index is 11.6. The van der Waals surface area contributed by atoms with E-state index in [2.05, 4.69) is 15.6 Å². The van der Waals surface area contributed by atoms with Gasteiger partial charge in [-0.25, -0.2) is 8.42 Å². The third-order valence-electron chi connectivity index (χ3n) is 4.13. The number of nitrogens with one attached hydrogen (secondary N) is 2. The average Bonchev–Trinajstić information content (AvgIpc) is 2.82. The van der Waals surface area contributed by atoms with Crippen molar-refractivity contribution >= 4 is 63.0 Å². The largest absolute Gasteiger partial charge is 0.356 e. The summed E-state index contributed by atoms with van der Waals surface area (Å²) >= 11 is 12.6. The molecule has 0 radical (unpaired) electrons. The molecular weight excluding hydrogens is 496 g/mol. The highest BCUT2D eigenvalue weighted by atomic mass is 127. The highest BCUT2D eigenvalue weighted by Crippen LogP contribution is 2.35. The number of hydrogen-bond acceptors (Lipinski definition) is 3. The van der Waals surface area contributed by atoms with Gasteiger partial charge < -0.3 is 10.6 Å². The van der Waals surface area contributed by atoms with E-state index < -0.39 is 9.84 Å². The lowest BCUT2D eigenvalue weighted by atomic mass is 9.84. The standard InChI is InChI=1S/C16H23Cl2N3O2S.HI/c1-16(2,14-12(17)5-4-6-13(14)18)10-20-15(19-3)21-11-7-8-24(22,23)9-11;/h4-6,11H,7-10H2,1-3H3,(H2,19,20,21);1H. The van der Waals surface area contributed by atoms with Crippen LogP contribution in [-0.2, 0) is 15.3 Å². The van der Waals surface area contributed by atoms with E-state index in [1.165, 1.54) is 0 Å². The second-order valence-corrected chi connectivity index (χ2v) is 9.69. The zero-order chi connectivity index (χ0) is 18.0. The molecule has 1 saturated heterocycles. The predicted octanol–water partition coefficient (Wildman–Crippen LogP) is 3.24. The first-order valence-corrected chi connectivity index (χ1v) is 10.3. The second kappa shape index (κ2) is 9.10. The van der Waals surface area contributed by atoms with E-state index in [1.807, 2.05) is 32.0 Å². The molecule has 1 aliphatic rings. The first-order chi connectivity index (χ1) is 11.1. The Morgan fingerprint density at radius 2 is 1.92 bits per heavy atom. The van der Waals surface area contributed by atoms with Crippen molar-refractivity contribution in [3.63, 3.8) is 0 Å². The molecule has 1 atom stereocenters. The molecular formula is C16H24Cl2IN3O2S. The molecule has 1 heterocycles. The number of rotatable bonds is 4. The first kappa shape index (κ1) is 22.8. The van der Waals surface area contributed by atoms with E-state index in [-0.39, 0.29) is 46.9 Å². The molecule has 9 heteroatoms. The van der Waals surface area contributed by atoms with Crippen molar-refractivity contribution in [2.45, 2.75) is 31.7 Å². The van der Waals surface area contributed by atoms with Crippen LogP contribution in [0.3, 0.4) is 0 Å². The molecule has 0 spiro atoms. The zero-order valence-corrected chi connectivity index (χ0v) is 19.1. The van der Waals surface area contributed by atoms with Crippen LogP contribution in [0.5, 0.6) is 0 Å². The number of hydrogen-bond donors (Lipinski definition) is 2. The van der Waals surface area contributed by atoms with Gasteiger partial charge >= 0.3 is 0 Å². The van der Waals surface area contributed by atoms with Crippen LogP contribution in [0.25, 0.3) is 0 Å². The Kier molecular flexibility index (Phi) is 8.30. The van der Waals surface area contributed by atoms with Crippen molar-refractivity contribution in [2.75, 3.05) is 25.1 Å². The van der Waals surface area contributed by atoms with E-state index >= 15 is 0 Å². The molecule has 0 aromatic heterocycles. The van der Waals surface area contributed by atoms with Crippen LogP contribution in [0.15, 0.2) is 23.2 Å². The third kappa shape index (κ3) is 6.15. The fraction of sp³-hybridized carbons (Fsp3) is 0.562. The molecule has 1 aliphatic heterocycles. The Morgan fingerprint density at radius 1 is 1.32 bits per heavy atom. The van der Waals surface area contributed by atoms with Gasteiger partial charge in [0, 0.05) is 35.1 Å². The molecule has 1 fully saturated rings. The van der Waals surface area contributed by atoms with Crippen molar-refractivity contribution in [3.05, 3.63) is 33.8 Å². The fourth-order valence-corrected chi connectivity index (χ4v) is 5.42. The summed E-state index contributed by atoms with van der Waals surface area (Å²) in [5.74, 6) is 0.948. The van der Waals surface area contributed by atoms with E-state index in [0.29, 0.717) is 29.0 Å². The SMILES string of the molecule is CN=C(NCC(C)(C)c1c(Cl)cccc1Cl)NC1CCS(=O)(=O)C1.I. The van der Waals surface area contributed by atoms with Crippen molar-refractivity contribution in [1.82, 2.24) is 10.6 Å². The molecule has 2 N–H and O–H groups in total. The molecule has 5 nitrogen and oxygen atoms in total. The predicted molar refractivity (Wildman–Crippen MR) is 116 cm³/mol. The highest BCUT2D eigenvalue weighted by Gasteiger charge is 2.30. The monoisotopic (exact) mass is 519 g/mol. The number of halogens is 3. The van der Waals surface area contributed by atoms with Gasteiger partial charge in [0.05, 0.1) is 11.5 Å². The van der Waals surface area contributed by atoms with Crippen molar-refractivity contribution < 1.29 is 8.42 Å². The summed E-state index contributed by atoms with van der Waals surface area (Å²) < 4.78 is 23.1. The number of benzene rings is 1. The maximum atomic E-state index is 11.6. The van der Waals surface area contributed by atoms with Gasteiger partial charge in [-0.3, -0.25) is 4.99 Å². The van der Waals surface area contributed by atoms with E-state index in [1.54, 1.807) is 7.05 Å². The van der Waals surface area contributed by atoms with E-state index in [9.17, 15) is 8.42 Å². The number of guanidine groups is 1. The van der Waals surface area contributed by atoms with Gasteiger partial charge in [-0.1, -0.05) is 43.1 Å². The molecule has 142 valence electrons. The van der Waals surface area contributed by atoms with Crippen molar-refractivity contribution in [1.29, 1.82) is 0 Å². The lowest BCUT2D eigenvalue weighted by Gasteiger charge is -2.29. The molecule has 2 rings (SSSR count). The van der Waals surface area contributed by atoms with Crippen LogP contribution >= 0.6 is 47.2 Å². The molecule has 1 unspecified atom stereocenters.